The van der Waals surface area contributed by atoms with E-state index in [0.29, 0.717) is 0 Å². The van der Waals surface area contributed by atoms with Crippen LogP contribution < -0.4 is 5.73 Å². The molecule has 0 saturated carbocycles. The standard InChI is InChI=1S/C4H7N3O2/c1-3(2-5)4(6)7(8)9/h2,5H,6H2,1H3/b4-3+,5-2?. The minimum absolute atomic E-state index is 0.167. The molecular formula is C4H7N3O2. The van der Waals surface area contributed by atoms with Crippen molar-refractivity contribution >= 4 is 6.21 Å². The van der Waals surface area contributed by atoms with Crippen LogP contribution in [-0.2, 0) is 0 Å². The summed E-state index contributed by atoms with van der Waals surface area (Å²) < 4.78 is 0. The van der Waals surface area contributed by atoms with E-state index in [-0.39, 0.29) is 5.57 Å². The number of nitrogens with two attached hydrogens (primary N) is 1. The maximum atomic E-state index is 9.82. The molecule has 0 aliphatic carbocycles. The Labute approximate surface area is 51.8 Å². The number of allylic oxidation sites excluding steroid dienone is 1. The molecule has 3 N–H and O–H groups in total. The van der Waals surface area contributed by atoms with Crippen molar-refractivity contribution < 1.29 is 4.92 Å². The van der Waals surface area contributed by atoms with E-state index in [1.54, 1.807) is 0 Å². The van der Waals surface area contributed by atoms with E-state index in [1.165, 1.54) is 6.92 Å². The Balaban J connectivity index is 4.47. The Morgan fingerprint density at radius 1 is 1.89 bits per heavy atom. The van der Waals surface area contributed by atoms with Gasteiger partial charge in [0.25, 0.3) is 0 Å². The molecule has 9 heavy (non-hydrogen) atoms. The van der Waals surface area contributed by atoms with E-state index in [9.17, 15) is 10.1 Å². The number of nitrogens with zero attached hydrogens (tertiary/aromatic N) is 1. The maximum Gasteiger partial charge on any atom is 0.318 e. The van der Waals surface area contributed by atoms with Crippen LogP contribution in [0.25, 0.3) is 0 Å². The quantitative estimate of drug-likeness (QED) is 0.314. The van der Waals surface area contributed by atoms with Crippen LogP contribution in [0.3, 0.4) is 0 Å². The monoisotopic (exact) mass is 129 g/mol. The molecular weight excluding hydrogens is 122 g/mol. The smallest absolute Gasteiger partial charge is 0.318 e. The molecule has 0 atom stereocenters. The minimum Gasteiger partial charge on any atom is -0.358 e. The summed E-state index contributed by atoms with van der Waals surface area (Å²) in [4.78, 5) is 9.10. The van der Waals surface area contributed by atoms with E-state index in [1.807, 2.05) is 0 Å². The molecule has 0 rings (SSSR count). The third-order valence-electron chi connectivity index (χ3n) is 0.817. The van der Waals surface area contributed by atoms with Crippen LogP contribution in [0.1, 0.15) is 6.92 Å². The highest BCUT2D eigenvalue weighted by atomic mass is 16.6. The molecule has 0 amide bonds. The van der Waals surface area contributed by atoms with Gasteiger partial charge in [-0.05, 0) is 11.8 Å². The number of rotatable bonds is 2. The number of hydrogen-bond acceptors (Lipinski definition) is 4. The molecule has 0 spiro atoms. The molecule has 0 unspecified atom stereocenters. The highest BCUT2D eigenvalue weighted by molar-refractivity contribution is 5.75. The summed E-state index contributed by atoms with van der Waals surface area (Å²) in [5, 5.41) is 16.4. The first-order valence-electron chi connectivity index (χ1n) is 2.20. The first-order chi connectivity index (χ1) is 4.09. The van der Waals surface area contributed by atoms with Crippen LogP contribution in [0.5, 0.6) is 0 Å². The Bertz CT molecular complexity index is 173. The lowest BCUT2D eigenvalue weighted by Crippen LogP contribution is -2.11. The SMILES string of the molecule is C/C(C=N)=C(/N)[N+](=O)[O-]. The third kappa shape index (κ3) is 1.89. The summed E-state index contributed by atoms with van der Waals surface area (Å²) in [5.41, 5.74) is 5.07. The topological polar surface area (TPSA) is 93.0 Å². The van der Waals surface area contributed by atoms with E-state index >= 15 is 0 Å². The summed E-state index contributed by atoms with van der Waals surface area (Å²) in [6, 6.07) is 0. The van der Waals surface area contributed by atoms with Gasteiger partial charge in [-0.2, -0.15) is 0 Å². The fraction of sp³-hybridized carbons (Fsp3) is 0.250. The number of nitro groups is 1. The van der Waals surface area contributed by atoms with Gasteiger partial charge < -0.3 is 15.5 Å². The maximum absolute atomic E-state index is 9.82. The zero-order valence-corrected chi connectivity index (χ0v) is 4.92. The van der Waals surface area contributed by atoms with Crippen molar-refractivity contribution in [3.8, 4) is 0 Å². The lowest BCUT2D eigenvalue weighted by Gasteiger charge is -1.93. The van der Waals surface area contributed by atoms with Gasteiger partial charge in [-0.25, -0.2) is 0 Å². The van der Waals surface area contributed by atoms with E-state index in [2.05, 4.69) is 0 Å². The largest absolute Gasteiger partial charge is 0.358 e. The lowest BCUT2D eigenvalue weighted by atomic mass is 10.3. The molecule has 0 radical (unpaired) electrons. The van der Waals surface area contributed by atoms with E-state index in [0.717, 1.165) is 6.21 Å². The van der Waals surface area contributed by atoms with Gasteiger partial charge in [0.2, 0.25) is 0 Å². The van der Waals surface area contributed by atoms with Crippen molar-refractivity contribution in [2.75, 3.05) is 0 Å². The molecule has 0 bridgehead atoms. The molecule has 0 aromatic heterocycles. The molecule has 0 aromatic rings. The fourth-order valence-corrected chi connectivity index (χ4v) is 0.218. The molecule has 5 nitrogen and oxygen atoms in total. The Kier molecular flexibility index (Phi) is 2.37. The van der Waals surface area contributed by atoms with Gasteiger partial charge in [-0.1, -0.05) is 0 Å². The van der Waals surface area contributed by atoms with Gasteiger partial charge in [0.1, 0.15) is 0 Å². The van der Waals surface area contributed by atoms with Crippen LogP contribution in [0, 0.1) is 15.5 Å². The van der Waals surface area contributed by atoms with Crippen molar-refractivity contribution in [2.45, 2.75) is 6.92 Å². The zero-order chi connectivity index (χ0) is 7.44. The normalized spacial score (nSPS) is 12.1. The van der Waals surface area contributed by atoms with Crippen molar-refractivity contribution in [3.63, 3.8) is 0 Å². The molecule has 0 saturated heterocycles. The number of nitrogens with one attached hydrogen (secondary N) is 1. The molecule has 0 aromatic carbocycles. The van der Waals surface area contributed by atoms with E-state index in [4.69, 9.17) is 11.1 Å². The van der Waals surface area contributed by atoms with Gasteiger partial charge in [0.15, 0.2) is 0 Å². The second-order valence-corrected chi connectivity index (χ2v) is 1.47. The van der Waals surface area contributed by atoms with Crippen LogP contribution in [0.15, 0.2) is 11.4 Å². The van der Waals surface area contributed by atoms with Crippen LogP contribution in [0.4, 0.5) is 0 Å². The van der Waals surface area contributed by atoms with Gasteiger partial charge in [-0.15, -0.1) is 0 Å². The Hall–Kier alpha value is -1.39. The third-order valence-corrected chi connectivity index (χ3v) is 0.817. The molecule has 0 heterocycles. The fourth-order valence-electron chi connectivity index (χ4n) is 0.218. The van der Waals surface area contributed by atoms with Crippen molar-refractivity contribution in [2.24, 2.45) is 5.73 Å². The highest BCUT2D eigenvalue weighted by Gasteiger charge is 2.02. The van der Waals surface area contributed by atoms with Gasteiger partial charge in [-0.3, -0.25) is 5.73 Å². The van der Waals surface area contributed by atoms with Crippen molar-refractivity contribution in [1.29, 1.82) is 5.41 Å². The van der Waals surface area contributed by atoms with Gasteiger partial charge >= 0.3 is 5.82 Å². The predicted molar refractivity (Wildman–Crippen MR) is 32.7 cm³/mol. The predicted octanol–water partition coefficient (Wildman–Crippen LogP) is 0.103. The van der Waals surface area contributed by atoms with Crippen LogP contribution >= 0.6 is 0 Å². The lowest BCUT2D eigenvalue weighted by molar-refractivity contribution is -0.427. The second kappa shape index (κ2) is 2.81. The molecule has 0 aliphatic heterocycles. The molecule has 0 fully saturated rings. The Morgan fingerprint density at radius 3 is 2.44 bits per heavy atom. The summed E-state index contributed by atoms with van der Waals surface area (Å²) in [7, 11) is 0. The summed E-state index contributed by atoms with van der Waals surface area (Å²) in [6.07, 6.45) is 0.845. The first-order valence-corrected chi connectivity index (χ1v) is 2.20. The van der Waals surface area contributed by atoms with E-state index < -0.39 is 10.7 Å². The highest BCUT2D eigenvalue weighted by Crippen LogP contribution is 1.92. The summed E-state index contributed by atoms with van der Waals surface area (Å²) in [6.45, 7) is 1.41. The van der Waals surface area contributed by atoms with Gasteiger partial charge in [0, 0.05) is 6.21 Å². The molecule has 0 aliphatic rings. The first kappa shape index (κ1) is 7.61. The van der Waals surface area contributed by atoms with Crippen molar-refractivity contribution in [1.82, 2.24) is 0 Å². The summed E-state index contributed by atoms with van der Waals surface area (Å²) >= 11 is 0. The zero-order valence-electron chi connectivity index (χ0n) is 4.92. The minimum atomic E-state index is -0.722. The van der Waals surface area contributed by atoms with Crippen LogP contribution in [-0.4, -0.2) is 11.1 Å². The Morgan fingerprint density at radius 2 is 2.33 bits per heavy atom. The molecule has 50 valence electrons. The van der Waals surface area contributed by atoms with Crippen LogP contribution in [0.2, 0.25) is 0 Å². The average molecular weight is 129 g/mol. The molecule has 5 heteroatoms. The number of hydrogen-bond donors (Lipinski definition) is 2. The summed E-state index contributed by atoms with van der Waals surface area (Å²) in [5.74, 6) is -0.468. The van der Waals surface area contributed by atoms with Crippen molar-refractivity contribution in [3.05, 3.63) is 21.5 Å². The average Bonchev–Trinajstić information content (AvgIpc) is 1.84. The second-order valence-electron chi connectivity index (χ2n) is 1.47. The van der Waals surface area contributed by atoms with Gasteiger partial charge in [0.05, 0.1) is 5.57 Å².